The highest BCUT2D eigenvalue weighted by Crippen LogP contribution is 2.27. The second kappa shape index (κ2) is 4.49. The van der Waals surface area contributed by atoms with E-state index in [1.807, 2.05) is 0 Å². The molecule has 2 aliphatic heterocycles. The van der Waals surface area contributed by atoms with E-state index in [2.05, 4.69) is 11.8 Å². The molecule has 0 aliphatic carbocycles. The van der Waals surface area contributed by atoms with Crippen molar-refractivity contribution in [2.24, 2.45) is 0 Å². The number of hydrogen-bond donors (Lipinski definition) is 1. The summed E-state index contributed by atoms with van der Waals surface area (Å²) >= 11 is 0. The summed E-state index contributed by atoms with van der Waals surface area (Å²) in [6.45, 7) is 3.78. The molecule has 15 heavy (non-hydrogen) atoms. The number of carbonyl (C=O) groups is 1. The lowest BCUT2D eigenvalue weighted by Gasteiger charge is -2.36. The molecule has 0 aromatic carbocycles. The van der Waals surface area contributed by atoms with Crippen LogP contribution in [-0.2, 0) is 9.53 Å². The van der Waals surface area contributed by atoms with Crippen LogP contribution >= 0.6 is 0 Å². The van der Waals surface area contributed by atoms with E-state index in [1.54, 1.807) is 0 Å². The zero-order valence-corrected chi connectivity index (χ0v) is 9.19. The van der Waals surface area contributed by atoms with Crippen LogP contribution in [0.5, 0.6) is 0 Å². The number of likely N-dealkylation sites (tertiary alicyclic amines) is 1. The third-order valence-corrected chi connectivity index (χ3v) is 3.51. The Kier molecular flexibility index (Phi) is 3.26. The Labute approximate surface area is 90.2 Å². The summed E-state index contributed by atoms with van der Waals surface area (Å²) in [6.07, 6.45) is 4.06. The zero-order valence-electron chi connectivity index (χ0n) is 9.19. The van der Waals surface area contributed by atoms with Crippen molar-refractivity contribution in [3.8, 4) is 0 Å². The summed E-state index contributed by atoms with van der Waals surface area (Å²) in [4.78, 5) is 13.2. The number of nitrogens with zero attached hydrogens (tertiary/aromatic N) is 1. The molecule has 4 heteroatoms. The molecular weight excluding hydrogens is 194 g/mol. The number of carboxylic acid groups (broad SMARTS) is 1. The van der Waals surface area contributed by atoms with Gasteiger partial charge in [-0.25, -0.2) is 0 Å². The van der Waals surface area contributed by atoms with E-state index < -0.39 is 5.97 Å². The van der Waals surface area contributed by atoms with E-state index in [9.17, 15) is 4.79 Å². The van der Waals surface area contributed by atoms with E-state index in [0.29, 0.717) is 6.04 Å². The normalized spacial score (nSPS) is 38.1. The van der Waals surface area contributed by atoms with Crippen LogP contribution in [-0.4, -0.2) is 47.3 Å². The molecule has 2 heterocycles. The minimum Gasteiger partial charge on any atom is -0.480 e. The van der Waals surface area contributed by atoms with Crippen LogP contribution in [0.15, 0.2) is 0 Å². The van der Waals surface area contributed by atoms with E-state index in [4.69, 9.17) is 9.84 Å². The van der Waals surface area contributed by atoms with Crippen LogP contribution in [0, 0.1) is 0 Å². The highest BCUT2D eigenvalue weighted by atomic mass is 16.5. The van der Waals surface area contributed by atoms with Gasteiger partial charge >= 0.3 is 5.97 Å². The monoisotopic (exact) mass is 213 g/mol. The maximum atomic E-state index is 11.1. The van der Waals surface area contributed by atoms with Crippen LogP contribution in [0.1, 0.15) is 32.6 Å². The molecule has 1 N–H and O–H groups in total. The quantitative estimate of drug-likeness (QED) is 0.746. The van der Waals surface area contributed by atoms with Gasteiger partial charge in [0.25, 0.3) is 0 Å². The van der Waals surface area contributed by atoms with E-state index in [1.165, 1.54) is 0 Å². The second-order valence-corrected chi connectivity index (χ2v) is 4.59. The van der Waals surface area contributed by atoms with Crippen molar-refractivity contribution in [3.63, 3.8) is 0 Å². The number of ether oxygens (including phenoxy) is 1. The first-order chi connectivity index (χ1) is 7.18. The Hall–Kier alpha value is -0.610. The molecule has 2 aliphatic rings. The molecule has 0 spiro atoms. The number of hydrogen-bond acceptors (Lipinski definition) is 3. The molecule has 4 nitrogen and oxygen atoms in total. The molecule has 3 unspecified atom stereocenters. The Morgan fingerprint density at radius 3 is 2.93 bits per heavy atom. The van der Waals surface area contributed by atoms with Crippen molar-refractivity contribution in [3.05, 3.63) is 0 Å². The maximum Gasteiger partial charge on any atom is 0.320 e. The van der Waals surface area contributed by atoms with Crippen molar-refractivity contribution < 1.29 is 14.6 Å². The molecule has 0 radical (unpaired) electrons. The smallest absolute Gasteiger partial charge is 0.320 e. The third kappa shape index (κ3) is 2.32. The number of carboxylic acids is 1. The summed E-state index contributed by atoms with van der Waals surface area (Å²) < 4.78 is 5.49. The molecular formula is C11H19NO3. The van der Waals surface area contributed by atoms with Gasteiger partial charge in [-0.3, -0.25) is 9.69 Å². The van der Waals surface area contributed by atoms with Crippen molar-refractivity contribution in [2.45, 2.75) is 50.8 Å². The van der Waals surface area contributed by atoms with Gasteiger partial charge in [0.1, 0.15) is 6.04 Å². The fraction of sp³-hybridized carbons (Fsp3) is 0.909. The average molecular weight is 213 g/mol. The molecule has 0 aromatic heterocycles. The Bertz CT molecular complexity index is 244. The SMILES string of the molecule is CC1CC(N2CCCC2C(=O)O)CCO1. The van der Waals surface area contributed by atoms with Crippen LogP contribution in [0.3, 0.4) is 0 Å². The van der Waals surface area contributed by atoms with Gasteiger partial charge in [-0.05, 0) is 39.2 Å². The van der Waals surface area contributed by atoms with Crippen LogP contribution in [0.25, 0.3) is 0 Å². The largest absolute Gasteiger partial charge is 0.480 e. The predicted molar refractivity (Wildman–Crippen MR) is 55.8 cm³/mol. The Balaban J connectivity index is 1.99. The molecule has 0 amide bonds. The lowest BCUT2D eigenvalue weighted by Crippen LogP contribution is -2.47. The lowest BCUT2D eigenvalue weighted by atomic mass is 10.0. The second-order valence-electron chi connectivity index (χ2n) is 4.59. The summed E-state index contributed by atoms with van der Waals surface area (Å²) in [5, 5.41) is 9.11. The van der Waals surface area contributed by atoms with Crippen molar-refractivity contribution in [1.82, 2.24) is 4.90 Å². The van der Waals surface area contributed by atoms with Crippen molar-refractivity contribution in [2.75, 3.05) is 13.2 Å². The zero-order chi connectivity index (χ0) is 10.8. The molecule has 86 valence electrons. The fourth-order valence-corrected chi connectivity index (χ4v) is 2.77. The van der Waals surface area contributed by atoms with Crippen LogP contribution < -0.4 is 0 Å². The van der Waals surface area contributed by atoms with Gasteiger partial charge in [0.05, 0.1) is 6.10 Å². The van der Waals surface area contributed by atoms with Crippen LogP contribution in [0.2, 0.25) is 0 Å². The highest BCUT2D eigenvalue weighted by molar-refractivity contribution is 5.73. The molecule has 2 fully saturated rings. The van der Waals surface area contributed by atoms with Gasteiger partial charge in [-0.1, -0.05) is 0 Å². The van der Waals surface area contributed by atoms with E-state index >= 15 is 0 Å². The minimum atomic E-state index is -0.661. The standard InChI is InChI=1S/C11H19NO3/c1-8-7-9(4-6-15-8)12-5-2-3-10(12)11(13)14/h8-10H,2-7H2,1H3,(H,13,14). The van der Waals surface area contributed by atoms with E-state index in [0.717, 1.165) is 38.8 Å². The van der Waals surface area contributed by atoms with Crippen LogP contribution in [0.4, 0.5) is 0 Å². The van der Waals surface area contributed by atoms with Crippen molar-refractivity contribution in [1.29, 1.82) is 0 Å². The summed E-state index contributed by atoms with van der Waals surface area (Å²) in [5.41, 5.74) is 0. The molecule has 2 rings (SSSR count). The summed E-state index contributed by atoms with van der Waals surface area (Å²) in [5.74, 6) is -0.661. The van der Waals surface area contributed by atoms with E-state index in [-0.39, 0.29) is 12.1 Å². The molecule has 0 bridgehead atoms. The van der Waals surface area contributed by atoms with Gasteiger partial charge in [-0.15, -0.1) is 0 Å². The van der Waals surface area contributed by atoms with Crippen molar-refractivity contribution >= 4 is 5.97 Å². The first kappa shape index (κ1) is 10.9. The molecule has 3 atom stereocenters. The molecule has 2 saturated heterocycles. The summed E-state index contributed by atoms with van der Waals surface area (Å²) in [6, 6.07) is 0.164. The number of aliphatic carboxylic acids is 1. The maximum absolute atomic E-state index is 11.1. The van der Waals surface area contributed by atoms with Gasteiger partial charge in [0.2, 0.25) is 0 Å². The minimum absolute atomic E-state index is 0.250. The van der Waals surface area contributed by atoms with Gasteiger partial charge in [0.15, 0.2) is 0 Å². The fourth-order valence-electron chi connectivity index (χ4n) is 2.77. The Morgan fingerprint density at radius 1 is 1.47 bits per heavy atom. The number of rotatable bonds is 2. The van der Waals surface area contributed by atoms with Gasteiger partial charge in [-0.2, -0.15) is 0 Å². The lowest BCUT2D eigenvalue weighted by molar-refractivity contribution is -0.144. The molecule has 0 saturated carbocycles. The Morgan fingerprint density at radius 2 is 2.27 bits per heavy atom. The predicted octanol–water partition coefficient (Wildman–Crippen LogP) is 1.10. The summed E-state index contributed by atoms with van der Waals surface area (Å²) in [7, 11) is 0. The average Bonchev–Trinajstić information content (AvgIpc) is 2.65. The van der Waals surface area contributed by atoms with Gasteiger partial charge < -0.3 is 9.84 Å². The third-order valence-electron chi connectivity index (χ3n) is 3.51. The van der Waals surface area contributed by atoms with Gasteiger partial charge in [0, 0.05) is 12.6 Å². The first-order valence-corrected chi connectivity index (χ1v) is 5.78. The highest BCUT2D eigenvalue weighted by Gasteiger charge is 2.36. The molecule has 0 aromatic rings. The topological polar surface area (TPSA) is 49.8 Å². The first-order valence-electron chi connectivity index (χ1n) is 5.78.